The Hall–Kier alpha value is -1.95. The summed E-state index contributed by atoms with van der Waals surface area (Å²) in [5, 5.41) is 0. The first-order valence-electron chi connectivity index (χ1n) is 10.2. The first-order valence-corrected chi connectivity index (χ1v) is 12.1. The Bertz CT molecular complexity index is 1410. The van der Waals surface area contributed by atoms with E-state index in [0.29, 0.717) is 22.7 Å². The van der Waals surface area contributed by atoms with Crippen LogP contribution >= 0.6 is 0 Å². The number of anilines is 1. The van der Waals surface area contributed by atoms with Crippen LogP contribution in [0.4, 0.5) is 5.69 Å². The number of rotatable bonds is 6. The summed E-state index contributed by atoms with van der Waals surface area (Å²) in [7, 11) is -1.77. The SMILES string of the molecule is COc1c(/C=C/c2ccc(NS(C)(=O)=O)cc2)cc(-n2c(=O)cc[nH]c2=O)cc1C(C)(C)C.O.O.O.O.O.O.O.O.O.[NaH].[NaH]. The van der Waals surface area contributed by atoms with Gasteiger partial charge in [0.25, 0.3) is 5.56 Å². The summed E-state index contributed by atoms with van der Waals surface area (Å²) in [4.78, 5) is 27.3. The summed E-state index contributed by atoms with van der Waals surface area (Å²) in [6.07, 6.45) is 6.09. The quantitative estimate of drug-likeness (QED) is 0.190. The molecule has 1 aromatic heterocycles. The van der Waals surface area contributed by atoms with Crippen LogP contribution in [-0.2, 0) is 15.4 Å². The van der Waals surface area contributed by atoms with Crippen LogP contribution < -0.4 is 20.7 Å². The fourth-order valence-corrected chi connectivity index (χ4v) is 3.97. The van der Waals surface area contributed by atoms with Gasteiger partial charge >= 0.3 is 64.8 Å². The average molecular weight is 680 g/mol. The second kappa shape index (κ2) is 26.3. The second-order valence-corrected chi connectivity index (χ2v) is 10.4. The molecule has 1 heterocycles. The summed E-state index contributed by atoms with van der Waals surface area (Å²) >= 11 is 0. The van der Waals surface area contributed by atoms with Crippen LogP contribution in [0, 0.1) is 0 Å². The number of H-pyrrole nitrogens is 1. The number of benzene rings is 2. The molecule has 0 aliphatic heterocycles. The zero-order valence-corrected chi connectivity index (χ0v) is 24.5. The van der Waals surface area contributed by atoms with E-state index >= 15 is 0 Å². The molecule has 20 heteroatoms. The molecular weight excluding hydrogens is 632 g/mol. The predicted molar refractivity (Wildman–Crippen MR) is 179 cm³/mol. The molecular formula is C24H47N3Na2O14S. The molecule has 0 aliphatic rings. The molecule has 0 bridgehead atoms. The topological polar surface area (TPSA) is 394 Å². The van der Waals surface area contributed by atoms with E-state index in [4.69, 9.17) is 4.74 Å². The first kappa shape index (κ1) is 64.9. The van der Waals surface area contributed by atoms with Crippen molar-refractivity contribution in [2.75, 3.05) is 18.1 Å². The molecule has 0 spiro atoms. The number of ether oxygens (including phenoxy) is 1. The average Bonchev–Trinajstić information content (AvgIpc) is 2.71. The number of aromatic amines is 1. The number of nitrogens with one attached hydrogen (secondary N) is 2. The minimum atomic E-state index is -3.35. The second-order valence-electron chi connectivity index (χ2n) is 8.65. The molecule has 17 nitrogen and oxygen atoms in total. The summed E-state index contributed by atoms with van der Waals surface area (Å²) < 4.78 is 32.0. The molecule has 3 rings (SSSR count). The number of sulfonamides is 1. The molecule has 250 valence electrons. The molecule has 0 fully saturated rings. The summed E-state index contributed by atoms with van der Waals surface area (Å²) in [5.41, 5.74) is 1.96. The third-order valence-electron chi connectivity index (χ3n) is 4.90. The summed E-state index contributed by atoms with van der Waals surface area (Å²) in [6, 6.07) is 11.7. The third kappa shape index (κ3) is 16.9. The van der Waals surface area contributed by atoms with Crippen LogP contribution in [0.25, 0.3) is 17.8 Å². The zero-order chi connectivity index (χ0) is 24.4. The van der Waals surface area contributed by atoms with Gasteiger partial charge in [-0.15, -0.1) is 0 Å². The van der Waals surface area contributed by atoms with E-state index in [0.717, 1.165) is 21.9 Å². The van der Waals surface area contributed by atoms with Gasteiger partial charge in [-0.3, -0.25) is 9.52 Å². The van der Waals surface area contributed by atoms with Crippen LogP contribution in [0.5, 0.6) is 5.75 Å². The maximum absolute atomic E-state index is 12.4. The Morgan fingerprint density at radius 3 is 1.73 bits per heavy atom. The molecule has 0 unspecified atom stereocenters. The van der Waals surface area contributed by atoms with Gasteiger partial charge in [0.1, 0.15) is 5.75 Å². The Labute approximate surface area is 298 Å². The van der Waals surface area contributed by atoms with Gasteiger partial charge in [-0.2, -0.15) is 0 Å². The maximum atomic E-state index is 12.4. The fraction of sp³-hybridized carbons (Fsp3) is 0.250. The molecule has 20 N–H and O–H groups in total. The van der Waals surface area contributed by atoms with Crippen molar-refractivity contribution in [3.05, 3.63) is 86.2 Å². The van der Waals surface area contributed by atoms with Crippen molar-refractivity contribution in [1.82, 2.24) is 9.55 Å². The number of methoxy groups -OCH3 is 1. The van der Waals surface area contributed by atoms with Crippen molar-refractivity contribution in [2.45, 2.75) is 26.2 Å². The van der Waals surface area contributed by atoms with Gasteiger partial charge in [0.05, 0.1) is 19.1 Å². The molecule has 0 saturated carbocycles. The van der Waals surface area contributed by atoms with E-state index in [1.807, 2.05) is 32.9 Å². The normalized spacial score (nSPS) is 9.11. The van der Waals surface area contributed by atoms with Crippen LogP contribution in [-0.4, -0.2) is 140 Å². The van der Waals surface area contributed by atoms with E-state index in [2.05, 4.69) is 9.71 Å². The number of nitrogens with zero attached hydrogens (tertiary/aromatic N) is 1. The van der Waals surface area contributed by atoms with Gasteiger partial charge in [-0.1, -0.05) is 45.1 Å². The van der Waals surface area contributed by atoms with Gasteiger partial charge in [-0.25, -0.2) is 17.8 Å². The molecule has 2 aromatic carbocycles. The Morgan fingerprint density at radius 1 is 0.818 bits per heavy atom. The molecule has 0 aliphatic carbocycles. The first-order chi connectivity index (χ1) is 15.4. The van der Waals surface area contributed by atoms with Crippen molar-refractivity contribution in [3.8, 4) is 11.4 Å². The van der Waals surface area contributed by atoms with Crippen molar-refractivity contribution >= 4 is 87.0 Å². The molecule has 0 amide bonds. The summed E-state index contributed by atoms with van der Waals surface area (Å²) in [6.45, 7) is 6.06. The Balaban J connectivity index is -0.000000159. The van der Waals surface area contributed by atoms with Gasteiger partial charge in [0.2, 0.25) is 10.0 Å². The zero-order valence-electron chi connectivity index (χ0n) is 23.7. The van der Waals surface area contributed by atoms with E-state index in [1.54, 1.807) is 43.5 Å². The summed E-state index contributed by atoms with van der Waals surface area (Å²) in [5.74, 6) is 0.637. The van der Waals surface area contributed by atoms with E-state index in [-0.39, 0.29) is 114 Å². The Kier molecular flexibility index (Phi) is 38.8. The van der Waals surface area contributed by atoms with Crippen molar-refractivity contribution in [3.63, 3.8) is 0 Å². The number of aromatic nitrogens is 2. The molecule has 0 saturated heterocycles. The molecule has 0 atom stereocenters. The van der Waals surface area contributed by atoms with Crippen molar-refractivity contribution < 1.29 is 62.4 Å². The van der Waals surface area contributed by atoms with Gasteiger partial charge in [-0.05, 0) is 35.2 Å². The monoisotopic (exact) mass is 679 g/mol. The van der Waals surface area contributed by atoms with Gasteiger partial charge in [0.15, 0.2) is 0 Å². The number of hydrogen-bond donors (Lipinski definition) is 2. The van der Waals surface area contributed by atoms with Crippen LogP contribution in [0.3, 0.4) is 0 Å². The minimum absolute atomic E-state index is 0. The standard InChI is InChI=1S/C24H27N3O5S.2Na.9H2O.2H/c1-24(2,3)20-15-19(27-21(28)12-13-25-23(27)29)14-17(22(20)32-4)9-6-16-7-10-18(11-8-16)26-33(5,30)31;;;;;;;;;;;;;/h6-15,26H,1-5H3,(H,25,29);;;9*1H2;;/b9-6+;;;;;;;;;;;;;. The Morgan fingerprint density at radius 2 is 1.32 bits per heavy atom. The number of hydrogen-bond acceptors (Lipinski definition) is 5. The van der Waals surface area contributed by atoms with E-state index in [1.165, 1.54) is 12.3 Å². The van der Waals surface area contributed by atoms with E-state index in [9.17, 15) is 18.0 Å². The van der Waals surface area contributed by atoms with Gasteiger partial charge in [0, 0.05) is 29.1 Å². The van der Waals surface area contributed by atoms with Crippen LogP contribution in [0.1, 0.15) is 37.5 Å². The molecule has 3 aromatic rings. The fourth-order valence-electron chi connectivity index (χ4n) is 3.40. The molecule has 44 heavy (non-hydrogen) atoms. The van der Waals surface area contributed by atoms with Crippen LogP contribution in [0.2, 0.25) is 0 Å². The van der Waals surface area contributed by atoms with Crippen LogP contribution in [0.15, 0.2) is 58.3 Å². The van der Waals surface area contributed by atoms with Crippen molar-refractivity contribution in [2.24, 2.45) is 0 Å². The van der Waals surface area contributed by atoms with Crippen molar-refractivity contribution in [1.29, 1.82) is 0 Å². The third-order valence-corrected chi connectivity index (χ3v) is 5.50. The molecule has 0 radical (unpaired) electrons. The van der Waals surface area contributed by atoms with E-state index < -0.39 is 21.3 Å². The van der Waals surface area contributed by atoms with Gasteiger partial charge < -0.3 is 59.0 Å². The predicted octanol–water partition coefficient (Wildman–Crippen LogP) is -5.35.